The minimum atomic E-state index is -0.163. The van der Waals surface area contributed by atoms with Gasteiger partial charge in [0.25, 0.3) is 11.5 Å². The van der Waals surface area contributed by atoms with Crippen molar-refractivity contribution in [2.75, 3.05) is 6.54 Å². The summed E-state index contributed by atoms with van der Waals surface area (Å²) < 4.78 is 1.28. The van der Waals surface area contributed by atoms with E-state index in [4.69, 9.17) is 4.84 Å². The molecule has 130 valence electrons. The molecule has 0 fully saturated rings. The highest BCUT2D eigenvalue weighted by Crippen LogP contribution is 2.16. The van der Waals surface area contributed by atoms with Crippen molar-refractivity contribution in [1.82, 2.24) is 15.1 Å². The van der Waals surface area contributed by atoms with Gasteiger partial charge in [0.05, 0.1) is 18.0 Å². The predicted octanol–water partition coefficient (Wildman–Crippen LogP) is 1.73. The van der Waals surface area contributed by atoms with Gasteiger partial charge in [-0.2, -0.15) is 5.10 Å². The summed E-state index contributed by atoms with van der Waals surface area (Å²) in [6, 6.07) is 10.2. The minimum absolute atomic E-state index is 0.0898. The Morgan fingerprint density at radius 3 is 2.68 bits per heavy atom. The third-order valence-corrected chi connectivity index (χ3v) is 4.10. The Morgan fingerprint density at radius 1 is 1.28 bits per heavy atom. The number of hydrogen-bond acceptors (Lipinski definition) is 5. The van der Waals surface area contributed by atoms with E-state index < -0.39 is 0 Å². The smallest absolute Gasteiger partial charge is 0.266 e. The monoisotopic (exact) mass is 340 g/mol. The molecule has 0 saturated carbocycles. The fraction of sp³-hybridized carbons (Fsp3) is 0.333. The Kier molecular flexibility index (Phi) is 4.92. The number of nitrogens with zero attached hydrogens (tertiary/aromatic N) is 3. The Morgan fingerprint density at radius 2 is 2.04 bits per heavy atom. The lowest BCUT2D eigenvalue weighted by Gasteiger charge is -2.10. The van der Waals surface area contributed by atoms with E-state index in [0.29, 0.717) is 17.8 Å². The maximum absolute atomic E-state index is 12.2. The number of amides is 1. The Hall–Kier alpha value is -2.96. The van der Waals surface area contributed by atoms with Crippen molar-refractivity contribution in [3.05, 3.63) is 52.3 Å². The molecule has 7 nitrogen and oxygen atoms in total. The van der Waals surface area contributed by atoms with Gasteiger partial charge in [0.2, 0.25) is 0 Å². The first-order valence-corrected chi connectivity index (χ1v) is 8.21. The van der Waals surface area contributed by atoms with E-state index in [9.17, 15) is 9.59 Å². The Labute approximate surface area is 145 Å². The van der Waals surface area contributed by atoms with Crippen LogP contribution in [0, 0.1) is 0 Å². The lowest BCUT2D eigenvalue weighted by Crippen LogP contribution is -2.32. The first-order valence-electron chi connectivity index (χ1n) is 8.21. The van der Waals surface area contributed by atoms with Gasteiger partial charge < -0.3 is 10.2 Å². The van der Waals surface area contributed by atoms with Gasteiger partial charge in [-0.3, -0.25) is 9.59 Å². The molecule has 1 aliphatic rings. The van der Waals surface area contributed by atoms with Gasteiger partial charge in [0.1, 0.15) is 6.10 Å². The first-order chi connectivity index (χ1) is 12.1. The minimum Gasteiger partial charge on any atom is -0.390 e. The fourth-order valence-corrected chi connectivity index (χ4v) is 2.56. The average molecular weight is 340 g/mol. The average Bonchev–Trinajstić information content (AvgIpc) is 3.10. The normalized spacial score (nSPS) is 16.2. The van der Waals surface area contributed by atoms with E-state index in [2.05, 4.69) is 15.6 Å². The molecule has 0 saturated heterocycles. The zero-order valence-electron chi connectivity index (χ0n) is 14.2. The number of benzene rings is 1. The molecule has 0 spiro atoms. The topological polar surface area (TPSA) is 85.6 Å². The van der Waals surface area contributed by atoms with Crippen LogP contribution in [0.5, 0.6) is 0 Å². The molecular formula is C18H20N4O3. The molecule has 1 atom stereocenters. The van der Waals surface area contributed by atoms with Crippen LogP contribution in [0.25, 0.3) is 11.3 Å². The van der Waals surface area contributed by atoms with Crippen molar-refractivity contribution < 1.29 is 9.63 Å². The summed E-state index contributed by atoms with van der Waals surface area (Å²) in [5.41, 5.74) is 2.94. The van der Waals surface area contributed by atoms with Crippen LogP contribution in [0.4, 0.5) is 0 Å². The first kappa shape index (κ1) is 16.9. The molecule has 2 heterocycles. The van der Waals surface area contributed by atoms with Crippen LogP contribution in [0.3, 0.4) is 0 Å². The summed E-state index contributed by atoms with van der Waals surface area (Å²) in [6.45, 7) is 2.46. The highest BCUT2D eigenvalue weighted by molar-refractivity contribution is 5.94. The van der Waals surface area contributed by atoms with Gasteiger partial charge in [0.15, 0.2) is 0 Å². The van der Waals surface area contributed by atoms with E-state index in [0.717, 1.165) is 24.1 Å². The molecule has 1 aliphatic heterocycles. The predicted molar refractivity (Wildman–Crippen MR) is 94.5 cm³/mol. The molecule has 0 aliphatic carbocycles. The van der Waals surface area contributed by atoms with Gasteiger partial charge in [-0.1, -0.05) is 24.2 Å². The quantitative estimate of drug-likeness (QED) is 0.898. The van der Waals surface area contributed by atoms with Gasteiger partial charge in [-0.25, -0.2) is 4.68 Å². The van der Waals surface area contributed by atoms with E-state index in [1.54, 1.807) is 25.2 Å². The zero-order chi connectivity index (χ0) is 17.8. The maximum atomic E-state index is 12.2. The molecule has 2 aromatic rings. The summed E-state index contributed by atoms with van der Waals surface area (Å²) in [7, 11) is 1.60. The molecule has 7 heteroatoms. The van der Waals surface area contributed by atoms with Crippen molar-refractivity contribution in [3.63, 3.8) is 0 Å². The van der Waals surface area contributed by atoms with E-state index in [1.807, 2.05) is 19.1 Å². The fourth-order valence-electron chi connectivity index (χ4n) is 2.56. The van der Waals surface area contributed by atoms with E-state index >= 15 is 0 Å². The molecule has 0 radical (unpaired) electrons. The zero-order valence-corrected chi connectivity index (χ0v) is 14.2. The van der Waals surface area contributed by atoms with Crippen molar-refractivity contribution in [3.8, 4) is 11.3 Å². The summed E-state index contributed by atoms with van der Waals surface area (Å²) >= 11 is 0. The van der Waals surface area contributed by atoms with Gasteiger partial charge >= 0.3 is 0 Å². The Balaban J connectivity index is 1.61. The van der Waals surface area contributed by atoms with Gasteiger partial charge in [-0.15, -0.1) is 0 Å². The third kappa shape index (κ3) is 3.93. The van der Waals surface area contributed by atoms with Crippen LogP contribution in [0.2, 0.25) is 0 Å². The Bertz CT molecular complexity index is 855. The molecule has 0 bridgehead atoms. The summed E-state index contributed by atoms with van der Waals surface area (Å²) in [5.74, 6) is -0.159. The largest absolute Gasteiger partial charge is 0.390 e. The van der Waals surface area contributed by atoms with Crippen LogP contribution in [-0.4, -0.2) is 34.0 Å². The lowest BCUT2D eigenvalue weighted by molar-refractivity contribution is 0.0753. The molecule has 3 rings (SSSR count). The molecule has 1 N–H and O–H groups in total. The molecule has 1 amide bonds. The van der Waals surface area contributed by atoms with Crippen molar-refractivity contribution in [1.29, 1.82) is 0 Å². The number of aromatic nitrogens is 2. The number of carbonyl (C=O) groups excluding carboxylic acids is 1. The number of carbonyl (C=O) groups is 1. The van der Waals surface area contributed by atoms with Crippen LogP contribution in [0.15, 0.2) is 46.3 Å². The molecule has 1 unspecified atom stereocenters. The lowest BCUT2D eigenvalue weighted by atomic mass is 10.1. The molecule has 1 aromatic carbocycles. The van der Waals surface area contributed by atoms with Crippen LogP contribution in [-0.2, 0) is 11.9 Å². The molecule has 1 aromatic heterocycles. The van der Waals surface area contributed by atoms with Crippen molar-refractivity contribution in [2.24, 2.45) is 12.2 Å². The van der Waals surface area contributed by atoms with Crippen LogP contribution in [0.1, 0.15) is 30.1 Å². The summed E-state index contributed by atoms with van der Waals surface area (Å²) in [5, 5.41) is 11.0. The second-order valence-corrected chi connectivity index (χ2v) is 5.91. The summed E-state index contributed by atoms with van der Waals surface area (Å²) in [4.78, 5) is 28.9. The number of rotatable bonds is 5. The van der Waals surface area contributed by atoms with Gasteiger partial charge in [-0.05, 0) is 24.6 Å². The maximum Gasteiger partial charge on any atom is 0.266 e. The summed E-state index contributed by atoms with van der Waals surface area (Å²) in [6.07, 6.45) is 1.53. The third-order valence-electron chi connectivity index (χ3n) is 4.10. The van der Waals surface area contributed by atoms with Gasteiger partial charge in [0, 0.05) is 30.7 Å². The molecule has 25 heavy (non-hydrogen) atoms. The highest BCUT2D eigenvalue weighted by atomic mass is 16.6. The standard InChI is InChI=1S/C18H20N4O3/c1-3-14-10-15(25-21-14)11-19-18(24)13-6-4-12(5-7-13)16-8-9-17(23)22(2)20-16/h4-9,15H,3,10-11H2,1-2H3,(H,19,24). The number of aryl methyl sites for hydroxylation is 1. The number of nitrogens with one attached hydrogen (secondary N) is 1. The number of hydrogen-bond donors (Lipinski definition) is 1. The van der Waals surface area contributed by atoms with Crippen LogP contribution >= 0.6 is 0 Å². The second-order valence-electron chi connectivity index (χ2n) is 5.91. The van der Waals surface area contributed by atoms with Crippen molar-refractivity contribution in [2.45, 2.75) is 25.9 Å². The second kappa shape index (κ2) is 7.29. The highest BCUT2D eigenvalue weighted by Gasteiger charge is 2.20. The van der Waals surface area contributed by atoms with Crippen LogP contribution < -0.4 is 10.9 Å². The number of oxime groups is 1. The SMILES string of the molecule is CCC1=NOC(CNC(=O)c2ccc(-c3ccc(=O)n(C)n3)cc2)C1. The molecular weight excluding hydrogens is 320 g/mol. The van der Waals surface area contributed by atoms with E-state index in [-0.39, 0.29) is 17.6 Å². The van der Waals surface area contributed by atoms with E-state index in [1.165, 1.54) is 10.7 Å². The van der Waals surface area contributed by atoms with Crippen molar-refractivity contribution >= 4 is 11.6 Å².